The van der Waals surface area contributed by atoms with Crippen LogP contribution in [0.1, 0.15) is 66.2 Å². The number of pyridine rings is 1. The minimum absolute atomic E-state index is 0.0543. The molecule has 7 nitrogen and oxygen atoms in total. The molecule has 172 valence electrons. The fourth-order valence-electron chi connectivity index (χ4n) is 4.89. The van der Waals surface area contributed by atoms with E-state index >= 15 is 0 Å². The number of carbonyl (C=O) groups is 1. The van der Waals surface area contributed by atoms with E-state index in [0.717, 1.165) is 19.3 Å². The van der Waals surface area contributed by atoms with Gasteiger partial charge in [-0.15, -0.1) is 0 Å². The molecule has 2 aliphatic rings. The molecule has 0 bridgehead atoms. The first-order valence-corrected chi connectivity index (χ1v) is 12.5. The third-order valence-electron chi connectivity index (χ3n) is 6.72. The second-order valence-corrected chi connectivity index (χ2v) is 11.3. The molecule has 1 saturated carbocycles. The van der Waals surface area contributed by atoms with Crippen LogP contribution in [0.4, 0.5) is 4.39 Å². The minimum Gasteiger partial charge on any atom is -0.386 e. The lowest BCUT2D eigenvalue weighted by atomic mass is 9.85. The maximum atomic E-state index is 14.9. The molecule has 4 rings (SSSR count). The van der Waals surface area contributed by atoms with Crippen molar-refractivity contribution in [3.8, 4) is 6.07 Å². The lowest BCUT2D eigenvalue weighted by Gasteiger charge is -2.43. The molecular formula is C24H25FN4O3S. The van der Waals surface area contributed by atoms with Gasteiger partial charge in [-0.2, -0.15) is 5.26 Å². The third-order valence-corrected chi connectivity index (χ3v) is 9.47. The van der Waals surface area contributed by atoms with E-state index in [2.05, 4.69) is 9.98 Å². The molecule has 1 aromatic carbocycles. The van der Waals surface area contributed by atoms with Gasteiger partial charge in [-0.3, -0.25) is 14.8 Å². The van der Waals surface area contributed by atoms with Gasteiger partial charge in [0.1, 0.15) is 33.7 Å². The summed E-state index contributed by atoms with van der Waals surface area (Å²) in [4.78, 5) is 21.2. The second kappa shape index (κ2) is 8.34. The SMILES string of the molecule is C[C@@]1(c2cc(CC(=O)c3ccc(C#N)cn3)ccc2F)CS(=O)(=O)C2(CCCCC2)C(N)=N1. The average molecular weight is 469 g/mol. The maximum Gasteiger partial charge on any atom is 0.185 e. The van der Waals surface area contributed by atoms with Gasteiger partial charge in [0.05, 0.1) is 11.3 Å². The van der Waals surface area contributed by atoms with Crippen molar-refractivity contribution in [1.82, 2.24) is 4.98 Å². The standard InChI is InChI=1S/C24H25FN4O3S/c1-23(15-33(31,32)24(22(27)29-23)9-3-2-4-10-24)18-11-16(5-7-19(18)25)12-21(30)20-8-6-17(13-26)14-28-20/h5-8,11,14H,2-4,9-10,12,15H2,1H3,(H2,27,29)/t23-/m0/s1. The lowest BCUT2D eigenvalue weighted by Crippen LogP contribution is -2.59. The predicted octanol–water partition coefficient (Wildman–Crippen LogP) is 3.22. The number of halogens is 1. The highest BCUT2D eigenvalue weighted by Gasteiger charge is 2.55. The summed E-state index contributed by atoms with van der Waals surface area (Å²) in [6.07, 6.45) is 4.63. The van der Waals surface area contributed by atoms with Crippen molar-refractivity contribution >= 4 is 21.5 Å². The summed E-state index contributed by atoms with van der Waals surface area (Å²) < 4.78 is 40.6. The van der Waals surface area contributed by atoms with E-state index in [1.54, 1.807) is 6.92 Å². The van der Waals surface area contributed by atoms with Crippen molar-refractivity contribution < 1.29 is 17.6 Å². The number of sulfone groups is 1. The number of hydrogen-bond acceptors (Lipinski definition) is 7. The first kappa shape index (κ1) is 23.1. The molecule has 1 fully saturated rings. The van der Waals surface area contributed by atoms with E-state index in [1.165, 1.54) is 36.5 Å². The number of hydrogen-bond donors (Lipinski definition) is 1. The van der Waals surface area contributed by atoms with Crippen LogP contribution in [0.2, 0.25) is 0 Å². The zero-order chi connectivity index (χ0) is 23.9. The maximum absolute atomic E-state index is 14.9. The van der Waals surface area contributed by atoms with Gasteiger partial charge < -0.3 is 5.73 Å². The van der Waals surface area contributed by atoms with Crippen LogP contribution in [0, 0.1) is 17.1 Å². The molecule has 2 heterocycles. The zero-order valence-electron chi connectivity index (χ0n) is 18.3. The molecule has 0 unspecified atom stereocenters. The van der Waals surface area contributed by atoms with Gasteiger partial charge in [0.25, 0.3) is 0 Å². The van der Waals surface area contributed by atoms with E-state index < -0.39 is 25.9 Å². The van der Waals surface area contributed by atoms with Crippen LogP contribution in [0.3, 0.4) is 0 Å². The largest absolute Gasteiger partial charge is 0.386 e. The van der Waals surface area contributed by atoms with Crippen molar-refractivity contribution in [3.63, 3.8) is 0 Å². The Balaban J connectivity index is 1.67. The lowest BCUT2D eigenvalue weighted by molar-refractivity contribution is 0.0988. The van der Waals surface area contributed by atoms with Crippen LogP contribution in [-0.4, -0.2) is 35.5 Å². The summed E-state index contributed by atoms with van der Waals surface area (Å²) in [5.41, 5.74) is 6.01. The average Bonchev–Trinajstić information content (AvgIpc) is 2.79. The number of nitrogens with zero attached hydrogens (tertiary/aromatic N) is 3. The van der Waals surface area contributed by atoms with Crippen LogP contribution in [0.5, 0.6) is 0 Å². The molecule has 1 atom stereocenters. The summed E-state index contributed by atoms with van der Waals surface area (Å²) in [5.74, 6) is -1.19. The highest BCUT2D eigenvalue weighted by atomic mass is 32.2. The van der Waals surface area contributed by atoms with Gasteiger partial charge in [-0.1, -0.05) is 25.3 Å². The Labute approximate surface area is 192 Å². The normalized spacial score (nSPS) is 23.5. The Hall–Kier alpha value is -3.12. The summed E-state index contributed by atoms with van der Waals surface area (Å²) in [6, 6.07) is 9.10. The fraction of sp³-hybridized carbons (Fsp3) is 0.417. The van der Waals surface area contributed by atoms with E-state index in [4.69, 9.17) is 11.0 Å². The molecule has 0 saturated heterocycles. The smallest absolute Gasteiger partial charge is 0.185 e. The first-order chi connectivity index (χ1) is 15.6. The Morgan fingerprint density at radius 1 is 1.21 bits per heavy atom. The van der Waals surface area contributed by atoms with E-state index in [1.807, 2.05) is 6.07 Å². The topological polar surface area (TPSA) is 126 Å². The number of carbonyl (C=O) groups excluding carboxylic acids is 1. The minimum atomic E-state index is -3.68. The summed E-state index contributed by atoms with van der Waals surface area (Å²) in [5, 5.41) is 8.87. The molecule has 2 aromatic rings. The number of aromatic nitrogens is 1. The van der Waals surface area contributed by atoms with Crippen LogP contribution >= 0.6 is 0 Å². The number of benzene rings is 1. The number of aliphatic imine (C=N–C) groups is 1. The quantitative estimate of drug-likeness (QED) is 0.687. The number of nitriles is 1. The number of ketones is 1. The van der Waals surface area contributed by atoms with Crippen LogP contribution in [0.25, 0.3) is 0 Å². The van der Waals surface area contributed by atoms with Gasteiger partial charge in [0.2, 0.25) is 0 Å². The van der Waals surface area contributed by atoms with Crippen LogP contribution in [0.15, 0.2) is 41.5 Å². The molecule has 1 spiro atoms. The Kier molecular flexibility index (Phi) is 5.83. The highest BCUT2D eigenvalue weighted by molar-refractivity contribution is 7.93. The molecule has 1 aliphatic carbocycles. The number of nitrogens with two attached hydrogens (primary N) is 1. The highest BCUT2D eigenvalue weighted by Crippen LogP contribution is 2.44. The van der Waals surface area contributed by atoms with Crippen molar-refractivity contribution in [2.45, 2.75) is 55.7 Å². The Morgan fingerprint density at radius 3 is 2.55 bits per heavy atom. The monoisotopic (exact) mass is 468 g/mol. The summed E-state index contributed by atoms with van der Waals surface area (Å²) in [6.45, 7) is 1.57. The number of rotatable bonds is 4. The third kappa shape index (κ3) is 4.04. The summed E-state index contributed by atoms with van der Waals surface area (Å²) >= 11 is 0. The van der Waals surface area contributed by atoms with Crippen molar-refractivity contribution in [2.24, 2.45) is 10.7 Å². The number of Topliss-reactive ketones (excluding diaryl/α,β-unsaturated/α-hetero) is 1. The van der Waals surface area contributed by atoms with Crippen molar-refractivity contribution in [1.29, 1.82) is 5.26 Å². The molecule has 1 aliphatic heterocycles. The molecule has 0 radical (unpaired) electrons. The van der Waals surface area contributed by atoms with Gasteiger partial charge in [-0.25, -0.2) is 12.8 Å². The Bertz CT molecular complexity index is 1280. The van der Waals surface area contributed by atoms with E-state index in [9.17, 15) is 17.6 Å². The predicted molar refractivity (Wildman–Crippen MR) is 122 cm³/mol. The fourth-order valence-corrected chi connectivity index (χ4v) is 7.40. The van der Waals surface area contributed by atoms with Crippen molar-refractivity contribution in [3.05, 3.63) is 64.7 Å². The molecule has 0 amide bonds. The molecular weight excluding hydrogens is 443 g/mol. The van der Waals surface area contributed by atoms with Gasteiger partial charge in [0, 0.05) is 18.2 Å². The summed E-state index contributed by atoms with van der Waals surface area (Å²) in [7, 11) is -3.68. The van der Waals surface area contributed by atoms with Gasteiger partial charge in [0.15, 0.2) is 15.6 Å². The van der Waals surface area contributed by atoms with Crippen molar-refractivity contribution in [2.75, 3.05) is 5.75 Å². The zero-order valence-corrected chi connectivity index (χ0v) is 19.2. The van der Waals surface area contributed by atoms with E-state index in [0.29, 0.717) is 24.0 Å². The first-order valence-electron chi connectivity index (χ1n) is 10.9. The van der Waals surface area contributed by atoms with Crippen LogP contribution < -0.4 is 5.73 Å². The molecule has 33 heavy (non-hydrogen) atoms. The van der Waals surface area contributed by atoms with Crippen LogP contribution in [-0.2, 0) is 21.8 Å². The molecule has 2 N–H and O–H groups in total. The Morgan fingerprint density at radius 2 is 1.94 bits per heavy atom. The van der Waals surface area contributed by atoms with Gasteiger partial charge in [-0.05, 0) is 49.6 Å². The molecule has 9 heteroatoms. The van der Waals surface area contributed by atoms with Gasteiger partial charge >= 0.3 is 0 Å². The number of amidine groups is 1. The second-order valence-electron chi connectivity index (χ2n) is 9.04. The van der Waals surface area contributed by atoms with E-state index in [-0.39, 0.29) is 35.0 Å². The molecule has 1 aromatic heterocycles.